The Labute approximate surface area is 510 Å². The number of hydrogen-bond acceptors (Lipinski definition) is 6. The summed E-state index contributed by atoms with van der Waals surface area (Å²) >= 11 is 0. The minimum Gasteiger partial charge on any atom is -0.462 e. The van der Waals surface area contributed by atoms with Gasteiger partial charge in [-0.2, -0.15) is 0 Å². The van der Waals surface area contributed by atoms with E-state index in [2.05, 4.69) is 81.5 Å². The Morgan fingerprint density at radius 1 is 0.256 bits per heavy atom. The molecule has 0 spiro atoms. The van der Waals surface area contributed by atoms with E-state index in [-0.39, 0.29) is 31.1 Å². The van der Waals surface area contributed by atoms with Gasteiger partial charge < -0.3 is 14.2 Å². The molecule has 82 heavy (non-hydrogen) atoms. The molecule has 0 aromatic rings. The predicted molar refractivity (Wildman–Crippen MR) is 358 cm³/mol. The number of hydrogen-bond donors (Lipinski definition) is 0. The van der Waals surface area contributed by atoms with Gasteiger partial charge in [-0.3, -0.25) is 14.4 Å². The van der Waals surface area contributed by atoms with Crippen LogP contribution in [-0.4, -0.2) is 37.2 Å². The van der Waals surface area contributed by atoms with Crippen LogP contribution in [0.5, 0.6) is 0 Å². The zero-order chi connectivity index (χ0) is 59.2. The lowest BCUT2D eigenvalue weighted by molar-refractivity contribution is -0.167. The lowest BCUT2D eigenvalue weighted by atomic mass is 10.0. The molecule has 0 heterocycles. The van der Waals surface area contributed by atoms with Crippen LogP contribution >= 0.6 is 0 Å². The minimum atomic E-state index is -0.785. The lowest BCUT2D eigenvalue weighted by Crippen LogP contribution is -2.30. The van der Waals surface area contributed by atoms with Gasteiger partial charge in [0.15, 0.2) is 6.10 Å². The summed E-state index contributed by atoms with van der Waals surface area (Å²) < 4.78 is 17.0. The third-order valence-corrected chi connectivity index (χ3v) is 16.3. The van der Waals surface area contributed by atoms with Gasteiger partial charge in [-0.1, -0.05) is 345 Å². The second kappa shape index (κ2) is 70.6. The molecule has 0 rings (SSSR count). The van der Waals surface area contributed by atoms with Gasteiger partial charge in [-0.05, 0) is 83.5 Å². The fraction of sp³-hybridized carbons (Fsp3) is 0.829. The van der Waals surface area contributed by atoms with Crippen molar-refractivity contribution in [1.82, 2.24) is 0 Å². The fourth-order valence-electron chi connectivity index (χ4n) is 10.8. The largest absolute Gasteiger partial charge is 0.462 e. The summed E-state index contributed by atoms with van der Waals surface area (Å²) in [6, 6.07) is 0. The Hall–Kier alpha value is -2.89. The normalized spacial score (nSPS) is 12.4. The van der Waals surface area contributed by atoms with Crippen molar-refractivity contribution in [1.29, 1.82) is 0 Å². The molecule has 0 aromatic carbocycles. The van der Waals surface area contributed by atoms with Crippen molar-refractivity contribution in [2.24, 2.45) is 0 Å². The number of allylic oxidation sites excluding steroid dienone is 10. The van der Waals surface area contributed by atoms with Gasteiger partial charge >= 0.3 is 17.9 Å². The second-order valence-electron chi connectivity index (χ2n) is 24.5. The first-order valence-electron chi connectivity index (χ1n) is 36.3. The Kier molecular flexibility index (Phi) is 68.1. The third kappa shape index (κ3) is 67.9. The molecule has 0 saturated heterocycles. The quantitative estimate of drug-likeness (QED) is 0.0261. The topological polar surface area (TPSA) is 78.9 Å². The number of esters is 3. The van der Waals surface area contributed by atoms with Crippen LogP contribution in [0.3, 0.4) is 0 Å². The summed E-state index contributed by atoms with van der Waals surface area (Å²) in [7, 11) is 0. The minimum absolute atomic E-state index is 0.0780. The van der Waals surface area contributed by atoms with Crippen molar-refractivity contribution in [3.63, 3.8) is 0 Å². The first-order valence-corrected chi connectivity index (χ1v) is 36.3. The van der Waals surface area contributed by atoms with Crippen LogP contribution in [0.25, 0.3) is 0 Å². The van der Waals surface area contributed by atoms with E-state index in [0.717, 1.165) is 103 Å². The van der Waals surface area contributed by atoms with Crippen molar-refractivity contribution >= 4 is 17.9 Å². The highest BCUT2D eigenvalue weighted by Gasteiger charge is 2.19. The molecule has 0 aliphatic rings. The van der Waals surface area contributed by atoms with Crippen LogP contribution in [0.1, 0.15) is 387 Å². The molecule has 0 fully saturated rings. The Morgan fingerprint density at radius 2 is 0.476 bits per heavy atom. The van der Waals surface area contributed by atoms with E-state index >= 15 is 0 Å². The Bertz CT molecular complexity index is 1460. The maximum atomic E-state index is 13.0. The van der Waals surface area contributed by atoms with Crippen molar-refractivity contribution in [3.8, 4) is 0 Å². The second-order valence-corrected chi connectivity index (χ2v) is 24.5. The first kappa shape index (κ1) is 79.1. The van der Waals surface area contributed by atoms with Gasteiger partial charge in [0.2, 0.25) is 0 Å². The number of unbranched alkanes of at least 4 members (excludes halogenated alkanes) is 46. The molecule has 0 bridgehead atoms. The van der Waals surface area contributed by atoms with E-state index in [1.807, 2.05) is 0 Å². The summed E-state index contributed by atoms with van der Waals surface area (Å²) in [6.45, 7) is 6.57. The molecule has 0 N–H and O–H groups in total. The van der Waals surface area contributed by atoms with Gasteiger partial charge in [-0.25, -0.2) is 0 Å². The standard InChI is InChI=1S/C76H138O6/c1-4-7-10-13-16-19-22-25-28-30-32-34-35-36-37-38-39-40-42-43-45-48-51-54-57-60-63-66-69-75(78)81-72-73(71-80-74(77)68-65-62-59-56-53-50-47-27-24-21-18-15-12-9-6-3)82-76(79)70-67-64-61-58-55-52-49-46-44-41-33-31-29-26-23-20-17-14-11-8-5-2/h9,12,18,21,23,26-27,31,33,47,73H,4-8,10-11,13-17,19-20,22,24-25,28-30,32,34-46,48-72H2,1-3H3/b12-9-,21-18-,26-23-,33-31-,47-27-. The molecule has 0 saturated carbocycles. The molecule has 6 heteroatoms. The highest BCUT2D eigenvalue weighted by molar-refractivity contribution is 5.71. The first-order chi connectivity index (χ1) is 40.5. The number of carbonyl (C=O) groups excluding carboxylic acids is 3. The summed E-state index contributed by atoms with van der Waals surface area (Å²) in [5.41, 5.74) is 0. The van der Waals surface area contributed by atoms with E-state index < -0.39 is 6.10 Å². The van der Waals surface area contributed by atoms with Gasteiger partial charge in [-0.15, -0.1) is 0 Å². The van der Waals surface area contributed by atoms with Crippen LogP contribution in [-0.2, 0) is 28.6 Å². The highest BCUT2D eigenvalue weighted by Crippen LogP contribution is 2.19. The molecular weight excluding hydrogens is 1010 g/mol. The molecule has 0 aromatic heterocycles. The average Bonchev–Trinajstić information content (AvgIpc) is 3.47. The molecule has 0 amide bonds. The molecule has 0 aliphatic carbocycles. The van der Waals surface area contributed by atoms with Crippen LogP contribution in [0.15, 0.2) is 60.8 Å². The zero-order valence-electron chi connectivity index (χ0n) is 55.0. The van der Waals surface area contributed by atoms with Crippen molar-refractivity contribution in [2.75, 3.05) is 13.2 Å². The average molecular weight is 1150 g/mol. The molecule has 1 unspecified atom stereocenters. The van der Waals surface area contributed by atoms with E-state index in [0.29, 0.717) is 19.3 Å². The summed E-state index contributed by atoms with van der Waals surface area (Å²) in [6.07, 6.45) is 91.2. The number of ether oxygens (including phenoxy) is 3. The van der Waals surface area contributed by atoms with Crippen LogP contribution in [0.2, 0.25) is 0 Å². The van der Waals surface area contributed by atoms with Crippen molar-refractivity contribution in [3.05, 3.63) is 60.8 Å². The van der Waals surface area contributed by atoms with Crippen molar-refractivity contribution in [2.45, 2.75) is 393 Å². The van der Waals surface area contributed by atoms with Gasteiger partial charge in [0, 0.05) is 19.3 Å². The third-order valence-electron chi connectivity index (χ3n) is 16.3. The molecule has 0 aliphatic heterocycles. The van der Waals surface area contributed by atoms with E-state index in [1.54, 1.807) is 0 Å². The molecule has 6 nitrogen and oxygen atoms in total. The molecule has 1 atom stereocenters. The lowest BCUT2D eigenvalue weighted by Gasteiger charge is -2.18. The SMILES string of the molecule is CC/C=C\C/C=C\C/C=C\CCCCCCCC(=O)OCC(COC(=O)CCCCCCCCCCCCCCCCCCCCCCCCCCCCCC)OC(=O)CCCCCCCCCCC/C=C\C/C=C\CCCCCCC. The Balaban J connectivity index is 4.25. The predicted octanol–water partition coefficient (Wildman–Crippen LogP) is 25.1. The molecular formula is C76H138O6. The van der Waals surface area contributed by atoms with Gasteiger partial charge in [0.25, 0.3) is 0 Å². The fourth-order valence-corrected chi connectivity index (χ4v) is 10.8. The highest BCUT2D eigenvalue weighted by atomic mass is 16.6. The maximum absolute atomic E-state index is 13.0. The van der Waals surface area contributed by atoms with Crippen molar-refractivity contribution < 1.29 is 28.6 Å². The molecule has 478 valence electrons. The molecule has 0 radical (unpaired) electrons. The maximum Gasteiger partial charge on any atom is 0.306 e. The monoisotopic (exact) mass is 1150 g/mol. The summed E-state index contributed by atoms with van der Waals surface area (Å²) in [4.78, 5) is 38.5. The van der Waals surface area contributed by atoms with Crippen LogP contribution in [0, 0.1) is 0 Å². The summed E-state index contributed by atoms with van der Waals surface area (Å²) in [5.74, 6) is -0.876. The summed E-state index contributed by atoms with van der Waals surface area (Å²) in [5, 5.41) is 0. The van der Waals surface area contributed by atoms with E-state index in [9.17, 15) is 14.4 Å². The number of rotatable bonds is 67. The van der Waals surface area contributed by atoms with Crippen LogP contribution < -0.4 is 0 Å². The number of carbonyl (C=O) groups is 3. The Morgan fingerprint density at radius 3 is 0.744 bits per heavy atom. The van der Waals surface area contributed by atoms with Gasteiger partial charge in [0.1, 0.15) is 13.2 Å². The van der Waals surface area contributed by atoms with E-state index in [1.165, 1.54) is 244 Å². The van der Waals surface area contributed by atoms with Crippen LogP contribution in [0.4, 0.5) is 0 Å². The smallest absolute Gasteiger partial charge is 0.306 e. The van der Waals surface area contributed by atoms with Gasteiger partial charge in [0.05, 0.1) is 0 Å². The zero-order valence-corrected chi connectivity index (χ0v) is 55.0. The van der Waals surface area contributed by atoms with E-state index in [4.69, 9.17) is 14.2 Å².